The van der Waals surface area contributed by atoms with E-state index in [9.17, 15) is 18.0 Å². The topological polar surface area (TPSA) is 36.0 Å². The van der Waals surface area contributed by atoms with Gasteiger partial charge in [0.05, 0.1) is 0 Å². The lowest BCUT2D eigenvalue weighted by Gasteiger charge is -2.35. The third-order valence-corrected chi connectivity index (χ3v) is 6.64. The molecule has 2 aliphatic heterocycles. The molecule has 1 aromatic rings. The fourth-order valence-electron chi connectivity index (χ4n) is 4.31. The van der Waals surface area contributed by atoms with Crippen LogP contribution in [0.15, 0.2) is 18.2 Å². The van der Waals surface area contributed by atoms with Crippen LogP contribution in [-0.4, -0.2) is 71.8 Å². The molecule has 5 nitrogen and oxygen atoms in total. The van der Waals surface area contributed by atoms with E-state index in [2.05, 4.69) is 46.6 Å². The van der Waals surface area contributed by atoms with Crippen LogP contribution in [-0.2, 0) is 17.8 Å². The zero-order chi connectivity index (χ0) is 22.6. The SMILES string of the molecule is Cc1c(CN2CCN(C(=O)OC(C)C(F)(F)F)CC2)cccc1CN1CCCC[C@H]1C. The number of halogens is 3. The molecule has 0 saturated carbocycles. The first kappa shape index (κ1) is 23.9. The van der Waals surface area contributed by atoms with Crippen molar-refractivity contribution in [3.8, 4) is 0 Å². The van der Waals surface area contributed by atoms with Gasteiger partial charge in [0.25, 0.3) is 0 Å². The van der Waals surface area contributed by atoms with Crippen molar-refractivity contribution in [2.45, 2.75) is 71.4 Å². The summed E-state index contributed by atoms with van der Waals surface area (Å²) in [7, 11) is 0. The molecule has 0 radical (unpaired) electrons. The minimum Gasteiger partial charge on any atom is -0.437 e. The van der Waals surface area contributed by atoms with E-state index in [1.165, 1.54) is 40.9 Å². The van der Waals surface area contributed by atoms with Crippen LogP contribution in [0.3, 0.4) is 0 Å². The molecule has 1 unspecified atom stereocenters. The van der Waals surface area contributed by atoms with Crippen molar-refractivity contribution in [1.82, 2.24) is 14.7 Å². The number of alkyl halides is 3. The van der Waals surface area contributed by atoms with E-state index in [0.29, 0.717) is 32.2 Å². The summed E-state index contributed by atoms with van der Waals surface area (Å²) in [6.45, 7) is 10.2. The zero-order valence-corrected chi connectivity index (χ0v) is 18.7. The fourth-order valence-corrected chi connectivity index (χ4v) is 4.31. The zero-order valence-electron chi connectivity index (χ0n) is 18.7. The molecule has 0 aliphatic carbocycles. The molecule has 1 aromatic carbocycles. The Bertz CT molecular complexity index is 748. The maximum Gasteiger partial charge on any atom is 0.425 e. The molecule has 2 saturated heterocycles. The van der Waals surface area contributed by atoms with E-state index in [-0.39, 0.29) is 0 Å². The normalized spacial score (nSPS) is 22.4. The molecule has 31 heavy (non-hydrogen) atoms. The van der Waals surface area contributed by atoms with Crippen molar-refractivity contribution in [3.63, 3.8) is 0 Å². The summed E-state index contributed by atoms with van der Waals surface area (Å²) in [5, 5.41) is 0. The summed E-state index contributed by atoms with van der Waals surface area (Å²) in [5.41, 5.74) is 3.93. The largest absolute Gasteiger partial charge is 0.437 e. The Labute approximate surface area is 183 Å². The van der Waals surface area contributed by atoms with Gasteiger partial charge in [-0.25, -0.2) is 4.79 Å². The van der Waals surface area contributed by atoms with Crippen LogP contribution < -0.4 is 0 Å². The summed E-state index contributed by atoms with van der Waals surface area (Å²) in [6, 6.07) is 7.07. The Kier molecular flexibility index (Phi) is 7.86. The predicted molar refractivity (Wildman–Crippen MR) is 114 cm³/mol. The molecule has 0 spiro atoms. The van der Waals surface area contributed by atoms with Gasteiger partial charge in [-0.1, -0.05) is 24.6 Å². The second-order valence-electron chi connectivity index (χ2n) is 8.85. The Morgan fingerprint density at radius 3 is 2.35 bits per heavy atom. The van der Waals surface area contributed by atoms with Crippen LogP contribution in [0.25, 0.3) is 0 Å². The first-order valence-electron chi connectivity index (χ1n) is 11.2. The minimum absolute atomic E-state index is 0.368. The van der Waals surface area contributed by atoms with Gasteiger partial charge in [-0.3, -0.25) is 9.80 Å². The van der Waals surface area contributed by atoms with E-state index in [4.69, 9.17) is 0 Å². The summed E-state index contributed by atoms with van der Waals surface area (Å²) in [6.07, 6.45) is -3.69. The van der Waals surface area contributed by atoms with Crippen LogP contribution in [0.5, 0.6) is 0 Å². The van der Waals surface area contributed by atoms with Gasteiger partial charge in [0.1, 0.15) is 0 Å². The first-order chi connectivity index (χ1) is 14.6. The lowest BCUT2D eigenvalue weighted by Crippen LogP contribution is -2.49. The van der Waals surface area contributed by atoms with Crippen molar-refractivity contribution < 1.29 is 22.7 Å². The first-order valence-corrected chi connectivity index (χ1v) is 11.2. The van der Waals surface area contributed by atoms with Gasteiger partial charge >= 0.3 is 12.3 Å². The molecule has 8 heteroatoms. The molecule has 2 heterocycles. The average molecular weight is 442 g/mol. The summed E-state index contributed by atoms with van der Waals surface area (Å²) in [5.74, 6) is 0. The molecule has 2 fully saturated rings. The van der Waals surface area contributed by atoms with Gasteiger partial charge < -0.3 is 9.64 Å². The number of amides is 1. The number of carbonyl (C=O) groups excluding carboxylic acids is 1. The van der Waals surface area contributed by atoms with Crippen LogP contribution in [0.4, 0.5) is 18.0 Å². The monoisotopic (exact) mass is 441 g/mol. The van der Waals surface area contributed by atoms with Crippen LogP contribution >= 0.6 is 0 Å². The molecule has 174 valence electrons. The molecular weight excluding hydrogens is 407 g/mol. The average Bonchev–Trinajstić information content (AvgIpc) is 2.72. The number of benzene rings is 1. The lowest BCUT2D eigenvalue weighted by atomic mass is 9.98. The van der Waals surface area contributed by atoms with Gasteiger partial charge in [-0.2, -0.15) is 13.2 Å². The van der Waals surface area contributed by atoms with Crippen LogP contribution in [0.2, 0.25) is 0 Å². The van der Waals surface area contributed by atoms with Crippen molar-refractivity contribution in [1.29, 1.82) is 0 Å². The van der Waals surface area contributed by atoms with E-state index in [1.54, 1.807) is 0 Å². The van der Waals surface area contributed by atoms with Crippen molar-refractivity contribution in [2.24, 2.45) is 0 Å². The highest BCUT2D eigenvalue weighted by Crippen LogP contribution is 2.24. The number of likely N-dealkylation sites (tertiary alicyclic amines) is 1. The summed E-state index contributed by atoms with van der Waals surface area (Å²) in [4.78, 5) is 18.2. The van der Waals surface area contributed by atoms with Crippen LogP contribution in [0.1, 0.15) is 49.8 Å². The number of nitrogens with zero attached hydrogens (tertiary/aromatic N) is 3. The summed E-state index contributed by atoms with van der Waals surface area (Å²) >= 11 is 0. The number of carbonyl (C=O) groups is 1. The molecule has 2 atom stereocenters. The smallest absolute Gasteiger partial charge is 0.425 e. The number of piperazine rings is 1. The Morgan fingerprint density at radius 1 is 1.10 bits per heavy atom. The molecule has 3 rings (SSSR count). The summed E-state index contributed by atoms with van der Waals surface area (Å²) < 4.78 is 42.4. The third-order valence-electron chi connectivity index (χ3n) is 6.64. The number of hydrogen-bond donors (Lipinski definition) is 0. The second-order valence-corrected chi connectivity index (χ2v) is 8.85. The molecule has 1 amide bonds. The Morgan fingerprint density at radius 2 is 1.74 bits per heavy atom. The van der Waals surface area contributed by atoms with E-state index < -0.39 is 18.4 Å². The van der Waals surface area contributed by atoms with Gasteiger partial charge in [0.2, 0.25) is 0 Å². The molecular formula is C23H34F3N3O2. The maximum atomic E-state index is 12.6. The Balaban J connectivity index is 1.53. The second kappa shape index (κ2) is 10.2. The molecule has 0 bridgehead atoms. The lowest BCUT2D eigenvalue weighted by molar-refractivity contribution is -0.200. The van der Waals surface area contributed by atoms with Crippen molar-refractivity contribution >= 4 is 6.09 Å². The standard InChI is InChI=1S/C23H34F3N3O2/c1-17-7-4-5-10-29(17)16-21-9-6-8-20(18(21)2)15-27-11-13-28(14-12-27)22(30)31-19(3)23(24,25)26/h6,8-9,17,19H,4-5,7,10-16H2,1-3H3/t17-,19?/m1/s1. The van der Waals surface area contributed by atoms with Gasteiger partial charge in [-0.15, -0.1) is 0 Å². The number of ether oxygens (including phenoxy) is 1. The van der Waals surface area contributed by atoms with Crippen molar-refractivity contribution in [2.75, 3.05) is 32.7 Å². The minimum atomic E-state index is -4.54. The predicted octanol–water partition coefficient (Wildman–Crippen LogP) is 4.57. The van der Waals surface area contributed by atoms with Gasteiger partial charge in [0.15, 0.2) is 6.10 Å². The van der Waals surface area contributed by atoms with E-state index >= 15 is 0 Å². The quantitative estimate of drug-likeness (QED) is 0.671. The highest BCUT2D eigenvalue weighted by atomic mass is 19.4. The number of rotatable bonds is 5. The fraction of sp³-hybridized carbons (Fsp3) is 0.696. The number of piperidine rings is 1. The molecule has 0 aromatic heterocycles. The van der Waals surface area contributed by atoms with Gasteiger partial charge in [0, 0.05) is 45.3 Å². The Hall–Kier alpha value is -1.80. The molecule has 0 N–H and O–H groups in total. The van der Waals surface area contributed by atoms with Gasteiger partial charge in [-0.05, 0) is 56.8 Å². The van der Waals surface area contributed by atoms with Crippen LogP contribution in [0, 0.1) is 6.92 Å². The maximum absolute atomic E-state index is 12.6. The number of hydrogen-bond acceptors (Lipinski definition) is 4. The van der Waals surface area contributed by atoms with E-state index in [0.717, 1.165) is 26.6 Å². The van der Waals surface area contributed by atoms with E-state index in [1.807, 2.05) is 0 Å². The highest BCUT2D eigenvalue weighted by molar-refractivity contribution is 5.68. The third kappa shape index (κ3) is 6.35. The highest BCUT2D eigenvalue weighted by Gasteiger charge is 2.40. The van der Waals surface area contributed by atoms with Crippen molar-refractivity contribution in [3.05, 3.63) is 34.9 Å². The molecule has 2 aliphatic rings.